The molecule has 2 aliphatic rings. The molecule has 0 N–H and O–H groups in total. The van der Waals surface area contributed by atoms with Gasteiger partial charge in [-0.2, -0.15) is 0 Å². The van der Waals surface area contributed by atoms with E-state index < -0.39 is 0 Å². The van der Waals surface area contributed by atoms with Crippen LogP contribution >= 0.6 is 0 Å². The van der Waals surface area contributed by atoms with Gasteiger partial charge in [-0.05, 0) is 110 Å². The van der Waals surface area contributed by atoms with Crippen molar-refractivity contribution in [2.75, 3.05) is 0 Å². The highest BCUT2D eigenvalue weighted by Crippen LogP contribution is 2.40. The maximum atomic E-state index is 2.53. The quantitative estimate of drug-likeness (QED) is 0.347. The third kappa shape index (κ3) is 6.49. The average Bonchev–Trinajstić information content (AvgIpc) is 2.84. The Balaban J connectivity index is 1.20. The van der Waals surface area contributed by atoms with Crippen molar-refractivity contribution in [2.24, 2.45) is 17.8 Å². The van der Waals surface area contributed by atoms with Gasteiger partial charge >= 0.3 is 0 Å². The molecule has 0 amide bonds. The van der Waals surface area contributed by atoms with Crippen molar-refractivity contribution in [1.29, 1.82) is 0 Å². The fourth-order valence-corrected chi connectivity index (χ4v) is 6.39. The zero-order valence-electron chi connectivity index (χ0n) is 20.8. The summed E-state index contributed by atoms with van der Waals surface area (Å²) in [4.78, 5) is 0. The molecule has 0 aromatic heterocycles. The number of hydrogen-bond acceptors (Lipinski definition) is 0. The molecular weight excluding hydrogens is 384 g/mol. The number of allylic oxidation sites excluding steroid dienone is 2. The van der Waals surface area contributed by atoms with Crippen molar-refractivity contribution in [2.45, 2.75) is 110 Å². The summed E-state index contributed by atoms with van der Waals surface area (Å²) >= 11 is 0. The second kappa shape index (κ2) is 12.1. The van der Waals surface area contributed by atoms with Gasteiger partial charge in [0.05, 0.1) is 0 Å². The minimum atomic E-state index is 0.788. The second-order valence-corrected chi connectivity index (χ2v) is 11.0. The molecule has 0 heterocycles. The van der Waals surface area contributed by atoms with Crippen molar-refractivity contribution in [3.8, 4) is 0 Å². The number of aryl methyl sites for hydroxylation is 1. The molecule has 2 aliphatic carbocycles. The second-order valence-electron chi connectivity index (χ2n) is 11.0. The van der Waals surface area contributed by atoms with E-state index in [1.54, 1.807) is 5.56 Å². The molecule has 0 spiro atoms. The van der Waals surface area contributed by atoms with Crippen molar-refractivity contribution in [1.82, 2.24) is 0 Å². The van der Waals surface area contributed by atoms with Gasteiger partial charge in [-0.15, -0.1) is 0 Å². The van der Waals surface area contributed by atoms with Gasteiger partial charge in [-0.25, -0.2) is 0 Å². The first-order valence-corrected chi connectivity index (χ1v) is 13.9. The molecule has 0 saturated heterocycles. The Hall–Kier alpha value is -1.56. The normalized spacial score (nSPS) is 26.7. The summed E-state index contributed by atoms with van der Waals surface area (Å²) in [6, 6.07) is 14.4. The predicted molar refractivity (Wildman–Crippen MR) is 141 cm³/mol. The molecule has 2 saturated carbocycles. The summed E-state index contributed by atoms with van der Waals surface area (Å²) < 4.78 is 0. The SMILES string of the molecule is CCC/C=C/C1CCC(CCC2CCC(c3ccc4cc(CCC)ccc4c3)CC2)CC1. The highest BCUT2D eigenvalue weighted by molar-refractivity contribution is 5.84. The van der Waals surface area contributed by atoms with E-state index in [-0.39, 0.29) is 0 Å². The summed E-state index contributed by atoms with van der Waals surface area (Å²) in [6.45, 7) is 4.54. The summed E-state index contributed by atoms with van der Waals surface area (Å²) in [6.07, 6.45) is 24.5. The third-order valence-corrected chi connectivity index (χ3v) is 8.52. The molecule has 0 aliphatic heterocycles. The first kappa shape index (κ1) is 23.6. The Morgan fingerprint density at radius 3 is 2.06 bits per heavy atom. The number of hydrogen-bond donors (Lipinski definition) is 0. The molecule has 174 valence electrons. The van der Waals surface area contributed by atoms with Crippen LogP contribution in [0.3, 0.4) is 0 Å². The van der Waals surface area contributed by atoms with Gasteiger partial charge in [0.1, 0.15) is 0 Å². The standard InChI is InChI=1S/C32H46/c1-3-5-6-8-25-9-11-26(12-10-25)13-14-27-15-18-29(19-16-27)31-22-21-30-23-28(7-4-2)17-20-32(30)24-31/h6,8,17,20-27,29H,3-5,7,9-16,18-19H2,1-2H3/b8-6+. The van der Waals surface area contributed by atoms with Gasteiger partial charge in [-0.1, -0.05) is 88.1 Å². The highest BCUT2D eigenvalue weighted by Gasteiger charge is 2.25. The van der Waals surface area contributed by atoms with Crippen LogP contribution in [-0.4, -0.2) is 0 Å². The van der Waals surface area contributed by atoms with Crippen LogP contribution < -0.4 is 0 Å². The fourth-order valence-electron chi connectivity index (χ4n) is 6.39. The lowest BCUT2D eigenvalue weighted by atomic mass is 9.74. The van der Waals surface area contributed by atoms with Gasteiger partial charge in [0.15, 0.2) is 0 Å². The zero-order chi connectivity index (χ0) is 22.2. The van der Waals surface area contributed by atoms with Crippen molar-refractivity contribution >= 4 is 10.8 Å². The number of rotatable bonds is 9. The number of fused-ring (bicyclic) bond motifs is 1. The highest BCUT2D eigenvalue weighted by atomic mass is 14.3. The zero-order valence-corrected chi connectivity index (χ0v) is 20.8. The van der Waals surface area contributed by atoms with Gasteiger partial charge < -0.3 is 0 Å². The molecule has 0 bridgehead atoms. The smallest absolute Gasteiger partial charge is 0.0162 e. The summed E-state index contributed by atoms with van der Waals surface area (Å²) in [5.74, 6) is 3.68. The Kier molecular flexibility index (Phi) is 8.89. The summed E-state index contributed by atoms with van der Waals surface area (Å²) in [5.41, 5.74) is 3.07. The van der Waals surface area contributed by atoms with Crippen LogP contribution in [0.4, 0.5) is 0 Å². The van der Waals surface area contributed by atoms with E-state index in [2.05, 4.69) is 62.4 Å². The van der Waals surface area contributed by atoms with E-state index >= 15 is 0 Å². The lowest BCUT2D eigenvalue weighted by molar-refractivity contribution is 0.246. The maximum Gasteiger partial charge on any atom is -0.0162 e. The Bertz CT molecular complexity index is 843. The lowest BCUT2D eigenvalue weighted by Crippen LogP contribution is -2.17. The largest absolute Gasteiger partial charge is 0.0883 e. The van der Waals surface area contributed by atoms with Crippen LogP contribution in [0.5, 0.6) is 0 Å². The van der Waals surface area contributed by atoms with Crippen LogP contribution in [0.25, 0.3) is 10.8 Å². The first-order valence-electron chi connectivity index (χ1n) is 13.9. The maximum absolute atomic E-state index is 2.53. The molecule has 2 aromatic carbocycles. The lowest BCUT2D eigenvalue weighted by Gasteiger charge is -2.31. The third-order valence-electron chi connectivity index (χ3n) is 8.52. The molecule has 0 heteroatoms. The summed E-state index contributed by atoms with van der Waals surface area (Å²) in [7, 11) is 0. The Labute approximate surface area is 197 Å². The molecule has 0 unspecified atom stereocenters. The van der Waals surface area contributed by atoms with Gasteiger partial charge in [0.2, 0.25) is 0 Å². The van der Waals surface area contributed by atoms with Crippen molar-refractivity contribution in [3.63, 3.8) is 0 Å². The Morgan fingerprint density at radius 1 is 0.719 bits per heavy atom. The fraction of sp³-hybridized carbons (Fsp3) is 0.625. The molecule has 32 heavy (non-hydrogen) atoms. The monoisotopic (exact) mass is 430 g/mol. The van der Waals surface area contributed by atoms with E-state index in [0.29, 0.717) is 0 Å². The number of unbranched alkanes of at least 4 members (excludes halogenated alkanes) is 1. The van der Waals surface area contributed by atoms with Crippen LogP contribution in [0, 0.1) is 17.8 Å². The molecule has 0 nitrogen and oxygen atoms in total. The van der Waals surface area contributed by atoms with E-state index in [1.165, 1.54) is 106 Å². The van der Waals surface area contributed by atoms with Gasteiger partial charge in [0, 0.05) is 0 Å². The van der Waals surface area contributed by atoms with Gasteiger partial charge in [-0.3, -0.25) is 0 Å². The molecule has 2 aromatic rings. The van der Waals surface area contributed by atoms with Crippen LogP contribution in [0.15, 0.2) is 48.6 Å². The average molecular weight is 431 g/mol. The van der Waals surface area contributed by atoms with E-state index in [9.17, 15) is 0 Å². The van der Waals surface area contributed by atoms with E-state index in [1.807, 2.05) is 0 Å². The van der Waals surface area contributed by atoms with Crippen LogP contribution in [0.1, 0.15) is 114 Å². The molecule has 4 rings (SSSR count). The summed E-state index contributed by atoms with van der Waals surface area (Å²) in [5, 5.41) is 2.86. The molecule has 2 fully saturated rings. The Morgan fingerprint density at radius 2 is 1.38 bits per heavy atom. The number of benzene rings is 2. The van der Waals surface area contributed by atoms with Crippen LogP contribution in [0.2, 0.25) is 0 Å². The molecule has 0 atom stereocenters. The predicted octanol–water partition coefficient (Wildman–Crippen LogP) is 10.0. The minimum Gasteiger partial charge on any atom is -0.0883 e. The topological polar surface area (TPSA) is 0 Å². The minimum absolute atomic E-state index is 0.788. The molecule has 0 radical (unpaired) electrons. The van der Waals surface area contributed by atoms with Gasteiger partial charge in [0.25, 0.3) is 0 Å². The molecular formula is C32H46. The van der Waals surface area contributed by atoms with E-state index in [4.69, 9.17) is 0 Å². The first-order chi connectivity index (χ1) is 15.7. The van der Waals surface area contributed by atoms with Crippen LogP contribution in [-0.2, 0) is 6.42 Å². The van der Waals surface area contributed by atoms with Crippen molar-refractivity contribution < 1.29 is 0 Å². The van der Waals surface area contributed by atoms with Crippen molar-refractivity contribution in [3.05, 3.63) is 59.7 Å². The van der Waals surface area contributed by atoms with E-state index in [0.717, 1.165) is 23.7 Å².